The maximum atomic E-state index is 7.26. The fourth-order valence-electron chi connectivity index (χ4n) is 6.13. The van der Waals surface area contributed by atoms with Crippen molar-refractivity contribution in [3.05, 3.63) is 108 Å². The third-order valence-corrected chi connectivity index (χ3v) is 13.5. The molecule has 0 aromatic heterocycles. The molecule has 3 aromatic carbocycles. The number of hydrogen-bond donors (Lipinski definition) is 0. The first kappa shape index (κ1) is 31.1. The predicted molar refractivity (Wildman–Crippen MR) is 182 cm³/mol. The zero-order valence-electron chi connectivity index (χ0n) is 26.4. The van der Waals surface area contributed by atoms with Crippen LogP contribution in [0.2, 0.25) is 26.2 Å². The predicted octanol–water partition coefficient (Wildman–Crippen LogP) is 9.42. The van der Waals surface area contributed by atoms with Gasteiger partial charge >= 0.3 is 0 Å². The molecule has 0 radical (unpaired) electrons. The maximum absolute atomic E-state index is 7.26. The third-order valence-electron chi connectivity index (χ3n) is 8.61. The van der Waals surface area contributed by atoms with Crippen molar-refractivity contribution in [3.63, 3.8) is 0 Å². The Bertz CT molecular complexity index is 1270. The largest absolute Gasteiger partial charge is 0.539 e. The summed E-state index contributed by atoms with van der Waals surface area (Å²) >= 11 is 0. The highest BCUT2D eigenvalue weighted by Gasteiger charge is 2.36. The molecule has 1 aliphatic rings. The van der Waals surface area contributed by atoms with E-state index in [4.69, 9.17) is 8.85 Å². The molecule has 4 rings (SSSR count). The summed E-state index contributed by atoms with van der Waals surface area (Å²) in [5.74, 6) is 2.55. The fraction of sp³-hybridized carbons (Fsp3) is 0.405. The molecule has 0 heterocycles. The minimum absolute atomic E-state index is 0.178. The molecule has 2 atom stereocenters. The topological polar surface area (TPSA) is 18.5 Å². The van der Waals surface area contributed by atoms with Crippen LogP contribution in [0.5, 0.6) is 11.5 Å². The van der Waals surface area contributed by atoms with E-state index in [1.165, 1.54) is 51.9 Å². The summed E-state index contributed by atoms with van der Waals surface area (Å²) in [4.78, 5) is 0. The molecule has 3 aromatic rings. The Balaban J connectivity index is 1.93. The Morgan fingerprint density at radius 3 is 1.80 bits per heavy atom. The van der Waals surface area contributed by atoms with Crippen molar-refractivity contribution >= 4 is 27.0 Å². The quantitative estimate of drug-likeness (QED) is 0.120. The summed E-state index contributed by atoms with van der Waals surface area (Å²) in [6.45, 7) is 20.5. The number of unbranched alkanes of at least 4 members (excludes halogenated alkanes) is 2. The van der Waals surface area contributed by atoms with E-state index in [2.05, 4.69) is 132 Å². The molecule has 0 saturated heterocycles. The van der Waals surface area contributed by atoms with Crippen LogP contribution in [-0.4, -0.2) is 16.6 Å². The molecule has 4 heteroatoms. The van der Waals surface area contributed by atoms with Crippen LogP contribution < -0.4 is 19.2 Å². The van der Waals surface area contributed by atoms with E-state index in [0.29, 0.717) is 5.92 Å². The summed E-state index contributed by atoms with van der Waals surface area (Å²) in [5, 5.41) is 2.60. The summed E-state index contributed by atoms with van der Waals surface area (Å²) in [6, 6.07) is 26.3. The summed E-state index contributed by atoms with van der Waals surface area (Å²) in [6.07, 6.45) is 9.34. The SMILES string of the molecule is C=C(C)[C@@H]1CCC(C)=C[C@H]1c1c(O[Si](C)(C)c2ccccc2)cc(CCCCC)cc1O[Si](C)(C)c1ccccc1. The molecule has 1 aliphatic carbocycles. The Hall–Kier alpha value is -2.83. The average Bonchev–Trinajstić information content (AvgIpc) is 2.93. The smallest absolute Gasteiger partial charge is 0.276 e. The van der Waals surface area contributed by atoms with Crippen molar-refractivity contribution in [2.24, 2.45) is 5.92 Å². The van der Waals surface area contributed by atoms with Crippen molar-refractivity contribution in [2.75, 3.05) is 0 Å². The zero-order chi connectivity index (χ0) is 29.6. The van der Waals surface area contributed by atoms with Gasteiger partial charge in [0.05, 0.1) is 0 Å². The first-order valence-corrected chi connectivity index (χ1v) is 21.3. The molecule has 0 fully saturated rings. The molecule has 2 nitrogen and oxygen atoms in total. The summed E-state index contributed by atoms with van der Waals surface area (Å²) < 4.78 is 14.5. The van der Waals surface area contributed by atoms with Crippen LogP contribution in [0.15, 0.2) is 96.6 Å². The number of aryl methyl sites for hydroxylation is 1. The summed E-state index contributed by atoms with van der Waals surface area (Å²) in [7, 11) is -4.55. The lowest BCUT2D eigenvalue weighted by Crippen LogP contribution is -2.49. The van der Waals surface area contributed by atoms with Gasteiger partial charge in [-0.3, -0.25) is 0 Å². The maximum Gasteiger partial charge on any atom is 0.276 e. The van der Waals surface area contributed by atoms with Gasteiger partial charge in [0.25, 0.3) is 16.6 Å². The molecule has 0 saturated carbocycles. The third kappa shape index (κ3) is 7.72. The number of benzene rings is 3. The second-order valence-corrected chi connectivity index (χ2v) is 20.6. The van der Waals surface area contributed by atoms with Crippen molar-refractivity contribution < 1.29 is 8.85 Å². The van der Waals surface area contributed by atoms with Crippen LogP contribution >= 0.6 is 0 Å². The average molecular weight is 583 g/mol. The van der Waals surface area contributed by atoms with Gasteiger partial charge < -0.3 is 8.85 Å². The van der Waals surface area contributed by atoms with Gasteiger partial charge in [0.2, 0.25) is 0 Å². The van der Waals surface area contributed by atoms with Gasteiger partial charge in [0.15, 0.2) is 0 Å². The standard InChI is InChI=1S/C37H50O2Si2/c1-9-10-13-18-30-26-35(38-40(5,6)31-19-14-11-15-20-31)37(34-25-29(4)23-24-33(34)28(2)3)36(27-30)39-41(7,8)32-21-16-12-17-22-32/h11-12,14-17,19-22,25-27,33-34H,2,9-10,13,18,23-24H2,1,3-8H3/t33-,34+/m0/s1. The van der Waals surface area contributed by atoms with Crippen molar-refractivity contribution in [3.8, 4) is 11.5 Å². The van der Waals surface area contributed by atoms with Crippen molar-refractivity contribution in [1.29, 1.82) is 0 Å². The van der Waals surface area contributed by atoms with E-state index in [1.807, 2.05) is 0 Å². The van der Waals surface area contributed by atoms with Crippen LogP contribution in [-0.2, 0) is 6.42 Å². The molecule has 0 bridgehead atoms. The number of rotatable bonds is 12. The molecular formula is C37H50O2Si2. The highest BCUT2D eigenvalue weighted by Crippen LogP contribution is 2.48. The fourth-order valence-corrected chi connectivity index (χ4v) is 9.79. The molecular weight excluding hydrogens is 533 g/mol. The molecule has 0 amide bonds. The Morgan fingerprint density at radius 2 is 1.34 bits per heavy atom. The zero-order valence-corrected chi connectivity index (χ0v) is 28.4. The van der Waals surface area contributed by atoms with E-state index in [9.17, 15) is 0 Å². The molecule has 0 spiro atoms. The van der Waals surface area contributed by atoms with E-state index in [0.717, 1.165) is 30.8 Å². The van der Waals surface area contributed by atoms with Gasteiger partial charge in [-0.2, -0.15) is 0 Å². The molecule has 218 valence electrons. The van der Waals surface area contributed by atoms with E-state index in [1.54, 1.807) is 0 Å². The van der Waals surface area contributed by atoms with Crippen LogP contribution in [0.4, 0.5) is 0 Å². The monoisotopic (exact) mass is 582 g/mol. The van der Waals surface area contributed by atoms with Crippen molar-refractivity contribution in [1.82, 2.24) is 0 Å². The number of hydrogen-bond acceptors (Lipinski definition) is 2. The highest BCUT2D eigenvalue weighted by molar-refractivity contribution is 6.85. The van der Waals surface area contributed by atoms with Gasteiger partial charge in [-0.05, 0) is 99.7 Å². The van der Waals surface area contributed by atoms with Gasteiger partial charge in [-0.1, -0.05) is 104 Å². The van der Waals surface area contributed by atoms with E-state index < -0.39 is 16.6 Å². The van der Waals surface area contributed by atoms with E-state index in [-0.39, 0.29) is 5.92 Å². The molecule has 0 aliphatic heterocycles. The van der Waals surface area contributed by atoms with Crippen LogP contribution in [0.3, 0.4) is 0 Å². The normalized spacial score (nSPS) is 17.6. The minimum atomic E-state index is -2.28. The van der Waals surface area contributed by atoms with Gasteiger partial charge in [-0.25, -0.2) is 0 Å². The second-order valence-electron chi connectivity index (χ2n) is 12.9. The second kappa shape index (κ2) is 13.4. The van der Waals surface area contributed by atoms with Crippen LogP contribution in [0, 0.1) is 5.92 Å². The minimum Gasteiger partial charge on any atom is -0.539 e. The summed E-state index contributed by atoms with van der Waals surface area (Å²) in [5.41, 5.74) is 5.20. The Labute approximate surface area is 251 Å². The van der Waals surface area contributed by atoms with Crippen molar-refractivity contribution in [2.45, 2.75) is 91.4 Å². The van der Waals surface area contributed by atoms with Crippen LogP contribution in [0.1, 0.15) is 69.9 Å². The Kier molecular flexibility index (Phi) is 10.2. The lowest BCUT2D eigenvalue weighted by Gasteiger charge is -2.36. The first-order valence-electron chi connectivity index (χ1n) is 15.5. The van der Waals surface area contributed by atoms with E-state index >= 15 is 0 Å². The molecule has 0 N–H and O–H groups in total. The molecule has 41 heavy (non-hydrogen) atoms. The Morgan fingerprint density at radius 1 is 0.829 bits per heavy atom. The number of allylic oxidation sites excluding steroid dienone is 3. The van der Waals surface area contributed by atoms with Gasteiger partial charge in [0, 0.05) is 11.5 Å². The highest BCUT2D eigenvalue weighted by atomic mass is 28.4. The molecule has 0 unspecified atom stereocenters. The lowest BCUT2D eigenvalue weighted by atomic mass is 9.73. The van der Waals surface area contributed by atoms with Gasteiger partial charge in [0.1, 0.15) is 11.5 Å². The van der Waals surface area contributed by atoms with Gasteiger partial charge in [-0.15, -0.1) is 0 Å². The lowest BCUT2D eigenvalue weighted by molar-refractivity contribution is 0.449. The van der Waals surface area contributed by atoms with Crippen LogP contribution in [0.25, 0.3) is 0 Å². The first-order chi connectivity index (χ1) is 19.5.